The Morgan fingerprint density at radius 1 is 1.33 bits per heavy atom. The summed E-state index contributed by atoms with van der Waals surface area (Å²) in [6, 6.07) is 4.81. The molecule has 0 bridgehead atoms. The van der Waals surface area contributed by atoms with Gasteiger partial charge in [0.05, 0.1) is 26.2 Å². The molecule has 0 aliphatic carbocycles. The number of para-hydroxylation sites is 1. The van der Waals surface area contributed by atoms with Gasteiger partial charge in [0.1, 0.15) is 0 Å². The fraction of sp³-hybridized carbons (Fsp3) is 0.556. The van der Waals surface area contributed by atoms with Crippen molar-refractivity contribution in [3.8, 4) is 11.5 Å². The highest BCUT2D eigenvalue weighted by Gasteiger charge is 2.42. The molecule has 0 spiro atoms. The van der Waals surface area contributed by atoms with Gasteiger partial charge in [-0.05, 0) is 18.4 Å². The molecule has 2 unspecified atom stereocenters. The number of aliphatic carboxylic acids is 1. The van der Waals surface area contributed by atoms with Gasteiger partial charge in [0.2, 0.25) is 5.91 Å². The van der Waals surface area contributed by atoms with Crippen LogP contribution < -0.4 is 9.47 Å². The summed E-state index contributed by atoms with van der Waals surface area (Å²) in [4.78, 5) is 26.0. The molecular weight excluding hydrogens is 310 g/mol. The highest BCUT2D eigenvalue weighted by Crippen LogP contribution is 2.44. The molecule has 0 saturated carbocycles. The third kappa shape index (κ3) is 3.47. The van der Waals surface area contributed by atoms with Gasteiger partial charge in [0.15, 0.2) is 11.5 Å². The maximum Gasteiger partial charge on any atom is 0.308 e. The summed E-state index contributed by atoms with van der Waals surface area (Å²) in [6.45, 7) is 4.53. The van der Waals surface area contributed by atoms with Crippen molar-refractivity contribution in [2.75, 3.05) is 20.8 Å². The molecule has 6 nitrogen and oxygen atoms in total. The summed E-state index contributed by atoms with van der Waals surface area (Å²) in [6.07, 6.45) is 0.584. The van der Waals surface area contributed by atoms with Gasteiger partial charge >= 0.3 is 5.97 Å². The Kier molecular flexibility index (Phi) is 5.70. The topological polar surface area (TPSA) is 76.1 Å². The van der Waals surface area contributed by atoms with Gasteiger partial charge in [0.25, 0.3) is 0 Å². The molecule has 1 aromatic rings. The Bertz CT molecular complexity index is 613. The van der Waals surface area contributed by atoms with Crippen LogP contribution in [-0.4, -0.2) is 42.6 Å². The average molecular weight is 335 g/mol. The Morgan fingerprint density at radius 2 is 2.04 bits per heavy atom. The van der Waals surface area contributed by atoms with Gasteiger partial charge in [0, 0.05) is 18.5 Å². The van der Waals surface area contributed by atoms with E-state index in [0.29, 0.717) is 30.0 Å². The van der Waals surface area contributed by atoms with Crippen LogP contribution in [0.15, 0.2) is 18.2 Å². The summed E-state index contributed by atoms with van der Waals surface area (Å²) in [5.74, 6) is -0.327. The molecule has 1 aliphatic heterocycles. The smallest absolute Gasteiger partial charge is 0.308 e. The minimum atomic E-state index is -0.897. The maximum atomic E-state index is 12.5. The Labute approximate surface area is 142 Å². The van der Waals surface area contributed by atoms with Gasteiger partial charge in [-0.2, -0.15) is 0 Å². The van der Waals surface area contributed by atoms with Crippen molar-refractivity contribution in [3.63, 3.8) is 0 Å². The molecular formula is C18H25NO5. The summed E-state index contributed by atoms with van der Waals surface area (Å²) in [5, 5.41) is 9.69. The zero-order valence-corrected chi connectivity index (χ0v) is 14.6. The number of rotatable bonds is 6. The summed E-state index contributed by atoms with van der Waals surface area (Å²) in [5.41, 5.74) is 0.679. The number of piperidine rings is 1. The van der Waals surface area contributed by atoms with Gasteiger partial charge in [-0.25, -0.2) is 0 Å². The van der Waals surface area contributed by atoms with Crippen LogP contribution in [0.25, 0.3) is 0 Å². The van der Waals surface area contributed by atoms with Crippen molar-refractivity contribution in [2.45, 2.75) is 32.7 Å². The van der Waals surface area contributed by atoms with Crippen LogP contribution in [-0.2, 0) is 9.59 Å². The molecule has 6 heteroatoms. The second kappa shape index (κ2) is 7.55. The third-order valence-corrected chi connectivity index (χ3v) is 4.34. The Hall–Kier alpha value is -2.24. The number of carbonyl (C=O) groups excluding carboxylic acids is 1. The monoisotopic (exact) mass is 335 g/mol. The predicted molar refractivity (Wildman–Crippen MR) is 89.2 cm³/mol. The lowest BCUT2D eigenvalue weighted by molar-refractivity contribution is -0.152. The quantitative estimate of drug-likeness (QED) is 0.865. The zero-order valence-electron chi connectivity index (χ0n) is 14.6. The predicted octanol–water partition coefficient (Wildman–Crippen LogP) is 2.72. The number of benzene rings is 1. The normalized spacial score (nSPS) is 21.0. The van der Waals surface area contributed by atoms with Crippen molar-refractivity contribution in [1.82, 2.24) is 4.90 Å². The number of carbonyl (C=O) groups is 2. The average Bonchev–Trinajstić information content (AvgIpc) is 2.55. The second-order valence-electron chi connectivity index (χ2n) is 6.45. The van der Waals surface area contributed by atoms with Gasteiger partial charge < -0.3 is 19.5 Å². The molecule has 1 aromatic carbocycles. The maximum absolute atomic E-state index is 12.5. The van der Waals surface area contributed by atoms with Crippen LogP contribution in [0.3, 0.4) is 0 Å². The highest BCUT2D eigenvalue weighted by molar-refractivity contribution is 5.82. The molecule has 1 fully saturated rings. The molecule has 2 atom stereocenters. The van der Waals surface area contributed by atoms with E-state index in [2.05, 4.69) is 0 Å². The first-order valence-electron chi connectivity index (χ1n) is 8.13. The fourth-order valence-electron chi connectivity index (χ4n) is 3.35. The van der Waals surface area contributed by atoms with E-state index >= 15 is 0 Å². The van der Waals surface area contributed by atoms with Gasteiger partial charge in [-0.15, -0.1) is 0 Å². The van der Waals surface area contributed by atoms with Crippen molar-refractivity contribution >= 4 is 11.9 Å². The SMILES string of the molecule is COc1cccc(C2C(C(=O)O)CCC(=O)N2CC(C)C)c1OC. The van der Waals surface area contributed by atoms with Crippen LogP contribution in [0.4, 0.5) is 0 Å². The zero-order chi connectivity index (χ0) is 17.9. The number of amides is 1. The standard InChI is InChI=1S/C18H25NO5/c1-11(2)10-19-15(20)9-8-13(18(21)22)16(19)12-6-5-7-14(23-3)17(12)24-4/h5-7,11,13,16H,8-10H2,1-4H3,(H,21,22). The second-order valence-corrected chi connectivity index (χ2v) is 6.45. The van der Waals surface area contributed by atoms with E-state index in [1.54, 1.807) is 17.0 Å². The summed E-state index contributed by atoms with van der Waals surface area (Å²) in [7, 11) is 3.06. The molecule has 1 aliphatic rings. The van der Waals surface area contributed by atoms with E-state index in [9.17, 15) is 14.7 Å². The number of methoxy groups -OCH3 is 2. The number of ether oxygens (including phenoxy) is 2. The minimum Gasteiger partial charge on any atom is -0.493 e. The first-order valence-corrected chi connectivity index (χ1v) is 8.13. The van der Waals surface area contributed by atoms with E-state index in [1.807, 2.05) is 19.9 Å². The van der Waals surface area contributed by atoms with Crippen molar-refractivity contribution in [3.05, 3.63) is 23.8 Å². The lowest BCUT2D eigenvalue weighted by Crippen LogP contribution is -2.46. The van der Waals surface area contributed by atoms with Gasteiger partial charge in [-0.3, -0.25) is 9.59 Å². The lowest BCUT2D eigenvalue weighted by atomic mass is 9.83. The van der Waals surface area contributed by atoms with E-state index in [4.69, 9.17) is 9.47 Å². The molecule has 2 rings (SSSR count). The Balaban J connectivity index is 2.57. The first kappa shape index (κ1) is 18.1. The summed E-state index contributed by atoms with van der Waals surface area (Å²) >= 11 is 0. The number of nitrogens with zero attached hydrogens (tertiary/aromatic N) is 1. The van der Waals surface area contributed by atoms with Crippen molar-refractivity contribution < 1.29 is 24.2 Å². The molecule has 1 saturated heterocycles. The lowest BCUT2D eigenvalue weighted by Gasteiger charge is -2.41. The number of likely N-dealkylation sites (tertiary alicyclic amines) is 1. The van der Waals surface area contributed by atoms with Crippen LogP contribution in [0.2, 0.25) is 0 Å². The van der Waals surface area contributed by atoms with E-state index in [-0.39, 0.29) is 18.2 Å². The number of carboxylic acid groups (broad SMARTS) is 1. The van der Waals surface area contributed by atoms with Crippen LogP contribution >= 0.6 is 0 Å². The molecule has 1 N–H and O–H groups in total. The van der Waals surface area contributed by atoms with E-state index in [0.717, 1.165) is 0 Å². The first-order chi connectivity index (χ1) is 11.4. The molecule has 132 valence electrons. The molecule has 24 heavy (non-hydrogen) atoms. The van der Waals surface area contributed by atoms with Crippen LogP contribution in [0.1, 0.15) is 38.3 Å². The molecule has 0 aromatic heterocycles. The van der Waals surface area contributed by atoms with Crippen LogP contribution in [0, 0.1) is 11.8 Å². The van der Waals surface area contributed by atoms with Crippen molar-refractivity contribution in [1.29, 1.82) is 0 Å². The van der Waals surface area contributed by atoms with E-state index in [1.165, 1.54) is 14.2 Å². The third-order valence-electron chi connectivity index (χ3n) is 4.34. The molecule has 0 radical (unpaired) electrons. The largest absolute Gasteiger partial charge is 0.493 e. The fourth-order valence-corrected chi connectivity index (χ4v) is 3.35. The highest BCUT2D eigenvalue weighted by atomic mass is 16.5. The van der Waals surface area contributed by atoms with Crippen LogP contribution in [0.5, 0.6) is 11.5 Å². The minimum absolute atomic E-state index is 0.0175. The summed E-state index contributed by atoms with van der Waals surface area (Å²) < 4.78 is 10.8. The Morgan fingerprint density at radius 3 is 2.58 bits per heavy atom. The van der Waals surface area contributed by atoms with Crippen molar-refractivity contribution in [2.24, 2.45) is 11.8 Å². The number of hydrogen-bond acceptors (Lipinski definition) is 4. The van der Waals surface area contributed by atoms with Gasteiger partial charge in [-0.1, -0.05) is 26.0 Å². The number of carboxylic acids is 1. The molecule has 1 amide bonds. The van der Waals surface area contributed by atoms with E-state index < -0.39 is 17.9 Å². The molecule has 1 heterocycles. The number of hydrogen-bond donors (Lipinski definition) is 1.